The lowest BCUT2D eigenvalue weighted by atomic mass is 10.0. The van der Waals surface area contributed by atoms with Gasteiger partial charge in [0.1, 0.15) is 24.2 Å². The molecule has 2 N–H and O–H groups in total. The number of hydrogen-bond donors (Lipinski definition) is 2. The molecule has 49 heavy (non-hydrogen) atoms. The van der Waals surface area contributed by atoms with Crippen LogP contribution in [0.15, 0.2) is 51.9 Å². The number of rotatable bonds is 14. The summed E-state index contributed by atoms with van der Waals surface area (Å²) in [6.45, 7) is 8.33. The third kappa shape index (κ3) is 8.13. The molecule has 3 aromatic rings. The number of aliphatic hydroxyl groups is 1. The molecule has 14 nitrogen and oxygen atoms in total. The van der Waals surface area contributed by atoms with Crippen molar-refractivity contribution in [1.29, 1.82) is 0 Å². The molecule has 2 saturated heterocycles. The number of fused-ring (bicyclic) bond motifs is 2. The first kappa shape index (κ1) is 35.0. The highest BCUT2D eigenvalue weighted by Crippen LogP contribution is 2.35. The van der Waals surface area contributed by atoms with E-state index in [-0.39, 0.29) is 56.2 Å². The van der Waals surface area contributed by atoms with Gasteiger partial charge in [-0.25, -0.2) is 13.2 Å². The zero-order valence-corrected chi connectivity index (χ0v) is 28.8. The fourth-order valence-electron chi connectivity index (χ4n) is 6.19. The van der Waals surface area contributed by atoms with Gasteiger partial charge >= 0.3 is 6.09 Å². The molecular weight excluding hydrogens is 658 g/mol. The number of carbonyl (C=O) groups excluding carboxylic acids is 1. The minimum atomic E-state index is -4.08. The lowest BCUT2D eigenvalue weighted by Gasteiger charge is -2.31. The molecule has 6 rings (SSSR count). The van der Waals surface area contributed by atoms with Crippen LogP contribution in [0.4, 0.5) is 4.79 Å². The van der Waals surface area contributed by atoms with Gasteiger partial charge in [0.15, 0.2) is 17.8 Å². The van der Waals surface area contributed by atoms with Gasteiger partial charge in [-0.1, -0.05) is 31.1 Å². The summed E-state index contributed by atoms with van der Waals surface area (Å²) in [5.41, 5.74) is 2.41. The van der Waals surface area contributed by atoms with Crippen molar-refractivity contribution in [1.82, 2.24) is 14.8 Å². The number of sulfonamides is 1. The van der Waals surface area contributed by atoms with E-state index in [1.54, 1.807) is 18.2 Å². The van der Waals surface area contributed by atoms with Crippen molar-refractivity contribution in [3.8, 4) is 17.2 Å². The molecule has 4 heterocycles. The zero-order valence-electron chi connectivity index (χ0n) is 28.0. The molecule has 5 atom stereocenters. The van der Waals surface area contributed by atoms with Gasteiger partial charge in [-0.05, 0) is 62.4 Å². The van der Waals surface area contributed by atoms with Crippen LogP contribution in [0.5, 0.6) is 17.2 Å². The van der Waals surface area contributed by atoms with Crippen molar-refractivity contribution in [3.05, 3.63) is 65.0 Å². The van der Waals surface area contributed by atoms with Crippen molar-refractivity contribution >= 4 is 16.1 Å². The second kappa shape index (κ2) is 14.9. The Morgan fingerprint density at radius 3 is 2.59 bits per heavy atom. The second-order valence-electron chi connectivity index (χ2n) is 13.0. The van der Waals surface area contributed by atoms with E-state index in [2.05, 4.69) is 10.5 Å². The van der Waals surface area contributed by atoms with Crippen molar-refractivity contribution in [2.24, 2.45) is 11.8 Å². The second-order valence-corrected chi connectivity index (χ2v) is 14.9. The lowest BCUT2D eigenvalue weighted by molar-refractivity contribution is -0.0907. The van der Waals surface area contributed by atoms with Crippen LogP contribution in [0.25, 0.3) is 0 Å². The van der Waals surface area contributed by atoms with Crippen molar-refractivity contribution in [2.75, 3.05) is 33.1 Å². The first-order valence-electron chi connectivity index (χ1n) is 16.4. The largest absolute Gasteiger partial charge is 0.489 e. The number of carbonyl (C=O) groups is 1. The fraction of sp³-hybridized carbons (Fsp3) is 0.529. The Hall–Kier alpha value is -3.89. The minimum Gasteiger partial charge on any atom is -0.489 e. The number of amides is 1. The average molecular weight is 702 g/mol. The summed E-state index contributed by atoms with van der Waals surface area (Å²) in [5, 5.41) is 18.4. The summed E-state index contributed by atoms with van der Waals surface area (Å²) in [6.07, 6.45) is -2.06. The van der Waals surface area contributed by atoms with Gasteiger partial charge in [-0.15, -0.1) is 0 Å². The van der Waals surface area contributed by atoms with E-state index in [0.717, 1.165) is 16.8 Å². The van der Waals surface area contributed by atoms with Crippen LogP contribution >= 0.6 is 0 Å². The van der Waals surface area contributed by atoms with E-state index in [1.807, 2.05) is 39.8 Å². The van der Waals surface area contributed by atoms with E-state index >= 15 is 0 Å². The Morgan fingerprint density at radius 1 is 1.08 bits per heavy atom. The number of nitrogens with zero attached hydrogens (tertiary/aromatic N) is 2. The van der Waals surface area contributed by atoms with Crippen LogP contribution in [0.3, 0.4) is 0 Å². The predicted molar refractivity (Wildman–Crippen MR) is 174 cm³/mol. The number of aryl methyl sites for hydroxylation is 2. The molecule has 0 unspecified atom stereocenters. The first-order valence-corrected chi connectivity index (χ1v) is 17.8. The smallest absolute Gasteiger partial charge is 0.407 e. The van der Waals surface area contributed by atoms with E-state index in [0.29, 0.717) is 36.0 Å². The number of ether oxygens (including phenoxy) is 6. The van der Waals surface area contributed by atoms with Gasteiger partial charge in [0.25, 0.3) is 0 Å². The zero-order chi connectivity index (χ0) is 34.7. The van der Waals surface area contributed by atoms with E-state index < -0.39 is 40.7 Å². The maximum absolute atomic E-state index is 13.9. The summed E-state index contributed by atoms with van der Waals surface area (Å²) in [4.78, 5) is 13.3. The van der Waals surface area contributed by atoms with Crippen LogP contribution in [0.1, 0.15) is 42.8 Å². The first-order chi connectivity index (χ1) is 23.5. The summed E-state index contributed by atoms with van der Waals surface area (Å²) < 4.78 is 67.9. The van der Waals surface area contributed by atoms with Gasteiger partial charge in [0, 0.05) is 19.2 Å². The van der Waals surface area contributed by atoms with Crippen LogP contribution < -0.4 is 19.5 Å². The Bertz CT molecular complexity index is 1690. The monoisotopic (exact) mass is 701 g/mol. The van der Waals surface area contributed by atoms with Crippen LogP contribution in [0, 0.1) is 25.7 Å². The average Bonchev–Trinajstić information content (AvgIpc) is 3.87. The molecule has 0 radical (unpaired) electrons. The molecule has 0 saturated carbocycles. The van der Waals surface area contributed by atoms with E-state index in [1.165, 1.54) is 16.4 Å². The molecule has 3 aliphatic rings. The standard InChI is InChI=1S/C34H43N3O11S/c1-20(2)15-37(49(40,41)25-9-10-30-31(14-25)46-19-45-30)16-29(38)28(35-34(39)47-32-18-44-33-26(32)11-12-42-33)13-23-5-7-24(8-6-23)43-17-27-21(3)36-48-22(27)4/h5-10,14,20,26,28-29,32-33,38H,11-13,15-19H2,1-4H3,(H,35,39)/t26-,28-,29+,32-,33+/m0/s1. The summed E-state index contributed by atoms with van der Waals surface area (Å²) in [6, 6.07) is 10.8. The number of alkyl carbamates (subject to hydrolysis) is 1. The number of aromatic nitrogens is 1. The number of hydrogen-bond acceptors (Lipinski definition) is 12. The van der Waals surface area contributed by atoms with Gasteiger partial charge in [0.05, 0.1) is 47.4 Å². The molecule has 0 bridgehead atoms. The molecule has 2 aromatic carbocycles. The maximum Gasteiger partial charge on any atom is 0.407 e. The quantitative estimate of drug-likeness (QED) is 0.251. The van der Waals surface area contributed by atoms with Crippen molar-refractivity contribution in [2.45, 2.75) is 76.6 Å². The number of aliphatic hydroxyl groups excluding tert-OH is 1. The summed E-state index contributed by atoms with van der Waals surface area (Å²) >= 11 is 0. The van der Waals surface area contributed by atoms with Crippen LogP contribution in [0.2, 0.25) is 0 Å². The predicted octanol–water partition coefficient (Wildman–Crippen LogP) is 3.71. The molecule has 266 valence electrons. The molecule has 2 fully saturated rings. The number of benzene rings is 2. The molecule has 0 spiro atoms. The Balaban J connectivity index is 1.18. The molecule has 1 aromatic heterocycles. The van der Waals surface area contributed by atoms with Gasteiger partial charge in [0.2, 0.25) is 16.8 Å². The topological polar surface area (TPSA) is 168 Å². The summed E-state index contributed by atoms with van der Waals surface area (Å²) in [5.74, 6) is 1.96. The van der Waals surface area contributed by atoms with Gasteiger partial charge in [-0.2, -0.15) is 4.31 Å². The van der Waals surface area contributed by atoms with Gasteiger partial charge < -0.3 is 43.4 Å². The molecule has 15 heteroatoms. The molecular formula is C34H43N3O11S. The maximum atomic E-state index is 13.9. The number of nitrogens with one attached hydrogen (secondary N) is 1. The summed E-state index contributed by atoms with van der Waals surface area (Å²) in [7, 11) is -4.08. The third-order valence-corrected chi connectivity index (χ3v) is 10.7. The van der Waals surface area contributed by atoms with Crippen molar-refractivity contribution < 1.29 is 51.3 Å². The highest BCUT2D eigenvalue weighted by atomic mass is 32.2. The van der Waals surface area contributed by atoms with Crippen LogP contribution in [-0.2, 0) is 37.3 Å². The lowest BCUT2D eigenvalue weighted by Crippen LogP contribution is -2.51. The minimum absolute atomic E-state index is 0.00638. The Labute approximate surface area is 285 Å². The van der Waals surface area contributed by atoms with Gasteiger partial charge in [-0.3, -0.25) is 0 Å². The van der Waals surface area contributed by atoms with E-state index in [9.17, 15) is 18.3 Å². The Morgan fingerprint density at radius 2 is 1.86 bits per heavy atom. The molecule has 0 aliphatic carbocycles. The molecule has 1 amide bonds. The fourth-order valence-corrected chi connectivity index (χ4v) is 7.83. The highest BCUT2D eigenvalue weighted by molar-refractivity contribution is 7.89. The highest BCUT2D eigenvalue weighted by Gasteiger charge is 2.44. The molecule has 3 aliphatic heterocycles. The van der Waals surface area contributed by atoms with E-state index in [4.69, 9.17) is 32.9 Å². The third-order valence-electron chi connectivity index (χ3n) is 8.90. The SMILES string of the molecule is Cc1noc(C)c1COc1ccc(C[C@H](NC(=O)O[C@H]2CO[C@H]3OCC[C@H]32)[C@H](O)CN(CC(C)C)S(=O)(=O)c2ccc3c(c2)OCO3)cc1. The van der Waals surface area contributed by atoms with Crippen molar-refractivity contribution in [3.63, 3.8) is 0 Å². The normalized spacial score (nSPS) is 21.2. The van der Waals surface area contributed by atoms with Crippen LogP contribution in [-0.4, -0.2) is 86.7 Å². The Kier molecular flexibility index (Phi) is 10.6.